The maximum Gasteiger partial charge on any atom is 0.255 e. The molecule has 1 aromatic rings. The summed E-state index contributed by atoms with van der Waals surface area (Å²) in [5, 5.41) is 9.73. The first kappa shape index (κ1) is 12.9. The second-order valence-corrected chi connectivity index (χ2v) is 5.03. The van der Waals surface area contributed by atoms with Crippen LogP contribution in [-0.2, 0) is 0 Å². The Kier molecular flexibility index (Phi) is 3.88. The highest BCUT2D eigenvalue weighted by Crippen LogP contribution is 2.22. The van der Waals surface area contributed by atoms with Crippen molar-refractivity contribution in [3.8, 4) is 6.07 Å². The normalized spacial score (nSPS) is 19.4. The second kappa shape index (κ2) is 5.41. The van der Waals surface area contributed by atoms with Gasteiger partial charge in [0.05, 0.1) is 6.07 Å². The summed E-state index contributed by atoms with van der Waals surface area (Å²) in [7, 11) is 0. The molecule has 1 aromatic carbocycles. The number of benzene rings is 1. The van der Waals surface area contributed by atoms with Gasteiger partial charge in [0, 0.05) is 17.1 Å². The predicted octanol–water partition coefficient (Wildman–Crippen LogP) is 3.17. The lowest BCUT2D eigenvalue weighted by molar-refractivity contribution is 0.0670. The molecule has 0 N–H and O–H groups in total. The molecule has 0 aliphatic carbocycles. The number of piperidine rings is 1. The minimum absolute atomic E-state index is 0.0598. The van der Waals surface area contributed by atoms with Gasteiger partial charge in [0.15, 0.2) is 0 Å². The first-order chi connectivity index (χ1) is 8.63. The number of halogens is 1. The van der Waals surface area contributed by atoms with Crippen LogP contribution in [0.25, 0.3) is 0 Å². The molecular formula is C14H15ClN2O. The van der Waals surface area contributed by atoms with Crippen LogP contribution in [0.15, 0.2) is 18.2 Å². The molecule has 0 saturated carbocycles. The predicted molar refractivity (Wildman–Crippen MR) is 70.5 cm³/mol. The summed E-state index contributed by atoms with van der Waals surface area (Å²) < 4.78 is 0. The Balaban J connectivity index is 2.27. The van der Waals surface area contributed by atoms with Gasteiger partial charge in [-0.3, -0.25) is 4.79 Å². The number of carbonyl (C=O) groups is 1. The summed E-state index contributed by atoms with van der Waals surface area (Å²) >= 11 is 5.89. The summed E-state index contributed by atoms with van der Waals surface area (Å²) in [6.45, 7) is 2.53. The van der Waals surface area contributed by atoms with Crippen molar-refractivity contribution in [1.29, 1.82) is 5.26 Å². The van der Waals surface area contributed by atoms with E-state index in [1.807, 2.05) is 6.92 Å². The van der Waals surface area contributed by atoms with Gasteiger partial charge in [-0.05, 0) is 49.9 Å². The Morgan fingerprint density at radius 3 is 2.94 bits per heavy atom. The van der Waals surface area contributed by atoms with Crippen molar-refractivity contribution in [2.45, 2.75) is 32.2 Å². The zero-order valence-electron chi connectivity index (χ0n) is 10.3. The number of amides is 1. The van der Waals surface area contributed by atoms with E-state index < -0.39 is 0 Å². The molecule has 1 aliphatic heterocycles. The summed E-state index contributed by atoms with van der Waals surface area (Å²) in [6.07, 6.45) is 2.76. The largest absolute Gasteiger partial charge is 0.323 e. The van der Waals surface area contributed by atoms with Crippen molar-refractivity contribution in [2.75, 3.05) is 6.54 Å². The summed E-state index contributed by atoms with van der Waals surface area (Å²) in [5.41, 5.74) is 1.50. The fraction of sp³-hybridized carbons (Fsp3) is 0.429. The molecule has 94 valence electrons. The molecule has 0 radical (unpaired) electrons. The number of aryl methyl sites for hydroxylation is 1. The molecule has 0 aromatic heterocycles. The van der Waals surface area contributed by atoms with Crippen molar-refractivity contribution in [3.05, 3.63) is 34.3 Å². The zero-order chi connectivity index (χ0) is 13.1. The highest BCUT2D eigenvalue weighted by atomic mass is 35.5. The van der Waals surface area contributed by atoms with Gasteiger partial charge in [-0.25, -0.2) is 0 Å². The van der Waals surface area contributed by atoms with Gasteiger partial charge in [0.25, 0.3) is 5.91 Å². The van der Waals surface area contributed by atoms with Crippen LogP contribution in [0.5, 0.6) is 0 Å². The molecule has 0 spiro atoms. The first-order valence-corrected chi connectivity index (χ1v) is 6.48. The summed E-state index contributed by atoms with van der Waals surface area (Å²) in [6, 6.07) is 7.16. The number of likely N-dealkylation sites (tertiary alicyclic amines) is 1. The van der Waals surface area contributed by atoms with Gasteiger partial charge in [0.1, 0.15) is 6.04 Å². The minimum Gasteiger partial charge on any atom is -0.323 e. The molecule has 4 heteroatoms. The van der Waals surface area contributed by atoms with E-state index in [9.17, 15) is 4.79 Å². The average Bonchev–Trinajstić information content (AvgIpc) is 2.38. The first-order valence-electron chi connectivity index (χ1n) is 6.10. The minimum atomic E-state index is -0.290. The van der Waals surface area contributed by atoms with Crippen molar-refractivity contribution in [2.24, 2.45) is 0 Å². The molecule has 0 bridgehead atoms. The summed E-state index contributed by atoms with van der Waals surface area (Å²) in [5.74, 6) is -0.0598. The smallest absolute Gasteiger partial charge is 0.255 e. The van der Waals surface area contributed by atoms with Crippen LogP contribution in [-0.4, -0.2) is 23.4 Å². The van der Waals surface area contributed by atoms with Crippen molar-refractivity contribution < 1.29 is 4.79 Å². The van der Waals surface area contributed by atoms with Gasteiger partial charge in [-0.2, -0.15) is 5.26 Å². The monoisotopic (exact) mass is 262 g/mol. The number of hydrogen-bond acceptors (Lipinski definition) is 2. The Bertz CT molecular complexity index is 507. The molecule has 1 unspecified atom stereocenters. The molecule has 1 amide bonds. The fourth-order valence-electron chi connectivity index (χ4n) is 2.33. The third-order valence-electron chi connectivity index (χ3n) is 3.33. The molecule has 1 aliphatic rings. The zero-order valence-corrected chi connectivity index (χ0v) is 11.1. The maximum atomic E-state index is 12.4. The molecule has 3 nitrogen and oxygen atoms in total. The van der Waals surface area contributed by atoms with E-state index >= 15 is 0 Å². The SMILES string of the molecule is Cc1cc(Cl)ccc1C(=O)N1CCCCC1C#N. The quantitative estimate of drug-likeness (QED) is 0.780. The van der Waals surface area contributed by atoms with E-state index in [4.69, 9.17) is 16.9 Å². The van der Waals surface area contributed by atoms with Crippen molar-refractivity contribution in [1.82, 2.24) is 4.90 Å². The van der Waals surface area contributed by atoms with Gasteiger partial charge in [-0.1, -0.05) is 11.6 Å². The van der Waals surface area contributed by atoms with E-state index in [0.29, 0.717) is 17.1 Å². The standard InChI is InChI=1S/C14H15ClN2O/c1-10-8-11(15)5-6-13(10)14(18)17-7-3-2-4-12(17)9-16/h5-6,8,12H,2-4,7H2,1H3. The van der Waals surface area contributed by atoms with E-state index in [0.717, 1.165) is 24.8 Å². The molecule has 1 heterocycles. The Morgan fingerprint density at radius 2 is 2.28 bits per heavy atom. The Morgan fingerprint density at radius 1 is 1.50 bits per heavy atom. The van der Waals surface area contributed by atoms with Gasteiger partial charge in [0.2, 0.25) is 0 Å². The van der Waals surface area contributed by atoms with Crippen molar-refractivity contribution >= 4 is 17.5 Å². The molecule has 2 rings (SSSR count). The van der Waals surface area contributed by atoms with Gasteiger partial charge >= 0.3 is 0 Å². The summed E-state index contributed by atoms with van der Waals surface area (Å²) in [4.78, 5) is 14.1. The lowest BCUT2D eigenvalue weighted by atomic mass is 10.0. The number of carbonyl (C=O) groups excluding carboxylic acids is 1. The third-order valence-corrected chi connectivity index (χ3v) is 3.57. The van der Waals surface area contributed by atoms with Crippen LogP contribution in [0.1, 0.15) is 35.2 Å². The van der Waals surface area contributed by atoms with Crippen LogP contribution < -0.4 is 0 Å². The molecular weight excluding hydrogens is 248 g/mol. The molecule has 1 saturated heterocycles. The second-order valence-electron chi connectivity index (χ2n) is 4.60. The highest BCUT2D eigenvalue weighted by molar-refractivity contribution is 6.30. The van der Waals surface area contributed by atoms with E-state index in [2.05, 4.69) is 6.07 Å². The van der Waals surface area contributed by atoms with Gasteiger partial charge in [-0.15, -0.1) is 0 Å². The Labute approximate surface area is 112 Å². The van der Waals surface area contributed by atoms with Crippen LogP contribution in [0.4, 0.5) is 0 Å². The average molecular weight is 263 g/mol. The maximum absolute atomic E-state index is 12.4. The third kappa shape index (κ3) is 2.49. The topological polar surface area (TPSA) is 44.1 Å². The van der Waals surface area contributed by atoms with Gasteiger partial charge < -0.3 is 4.90 Å². The van der Waals surface area contributed by atoms with E-state index in [-0.39, 0.29) is 11.9 Å². The van der Waals surface area contributed by atoms with E-state index in [1.165, 1.54) is 0 Å². The Hall–Kier alpha value is -1.53. The molecule has 1 fully saturated rings. The lowest BCUT2D eigenvalue weighted by Crippen LogP contribution is -2.43. The van der Waals surface area contributed by atoms with E-state index in [1.54, 1.807) is 23.1 Å². The van der Waals surface area contributed by atoms with Crippen LogP contribution in [0.2, 0.25) is 5.02 Å². The number of hydrogen-bond donors (Lipinski definition) is 0. The van der Waals surface area contributed by atoms with Crippen LogP contribution in [0, 0.1) is 18.3 Å². The van der Waals surface area contributed by atoms with Crippen LogP contribution in [0.3, 0.4) is 0 Å². The highest BCUT2D eigenvalue weighted by Gasteiger charge is 2.27. The number of nitrogens with zero attached hydrogens (tertiary/aromatic N) is 2. The molecule has 18 heavy (non-hydrogen) atoms. The van der Waals surface area contributed by atoms with Crippen LogP contribution >= 0.6 is 11.6 Å². The van der Waals surface area contributed by atoms with Crippen molar-refractivity contribution in [3.63, 3.8) is 0 Å². The number of nitriles is 1. The number of rotatable bonds is 1. The lowest BCUT2D eigenvalue weighted by Gasteiger charge is -2.31. The molecule has 1 atom stereocenters. The fourth-order valence-corrected chi connectivity index (χ4v) is 2.56.